The molecule has 0 aromatic heterocycles. The quantitative estimate of drug-likeness (QED) is 0.797. The summed E-state index contributed by atoms with van der Waals surface area (Å²) in [4.78, 5) is 0. The summed E-state index contributed by atoms with van der Waals surface area (Å²) in [6.45, 7) is 10.2. The molecule has 4 unspecified atom stereocenters. The van der Waals surface area contributed by atoms with Crippen LogP contribution in [0.15, 0.2) is 0 Å². The fourth-order valence-electron chi connectivity index (χ4n) is 3.16. The van der Waals surface area contributed by atoms with E-state index in [1.807, 2.05) is 0 Å². The average molecular weight is 225 g/mol. The minimum Gasteiger partial charge on any atom is -0.371 e. The van der Waals surface area contributed by atoms with E-state index in [1.165, 1.54) is 25.7 Å². The third kappa shape index (κ3) is 2.78. The van der Waals surface area contributed by atoms with E-state index in [4.69, 9.17) is 4.74 Å². The molecule has 0 aromatic rings. The van der Waals surface area contributed by atoms with E-state index >= 15 is 0 Å². The molecule has 0 aromatic carbocycles. The molecular formula is C14H27NO. The second kappa shape index (κ2) is 4.66. The van der Waals surface area contributed by atoms with Crippen molar-refractivity contribution in [2.75, 3.05) is 6.54 Å². The predicted molar refractivity (Wildman–Crippen MR) is 67.5 cm³/mol. The Morgan fingerprint density at radius 2 is 1.94 bits per heavy atom. The van der Waals surface area contributed by atoms with Gasteiger partial charge in [0.2, 0.25) is 0 Å². The van der Waals surface area contributed by atoms with Crippen molar-refractivity contribution in [3.05, 3.63) is 0 Å². The van der Waals surface area contributed by atoms with E-state index in [2.05, 4.69) is 33.0 Å². The molecule has 2 rings (SSSR count). The first-order valence-electron chi connectivity index (χ1n) is 6.89. The molecule has 1 aliphatic heterocycles. The van der Waals surface area contributed by atoms with E-state index in [1.54, 1.807) is 0 Å². The van der Waals surface area contributed by atoms with Crippen molar-refractivity contribution in [2.45, 2.75) is 71.1 Å². The van der Waals surface area contributed by atoms with Crippen LogP contribution in [0.1, 0.15) is 53.4 Å². The fourth-order valence-corrected chi connectivity index (χ4v) is 3.16. The minimum absolute atomic E-state index is 0.112. The third-order valence-electron chi connectivity index (χ3n) is 4.63. The first-order chi connectivity index (χ1) is 7.48. The largest absolute Gasteiger partial charge is 0.371 e. The first-order valence-corrected chi connectivity index (χ1v) is 6.89. The van der Waals surface area contributed by atoms with Gasteiger partial charge in [0.25, 0.3) is 0 Å². The van der Waals surface area contributed by atoms with Crippen molar-refractivity contribution < 1.29 is 4.74 Å². The van der Waals surface area contributed by atoms with Crippen LogP contribution in [0.3, 0.4) is 0 Å². The normalized spacial score (nSPS) is 42.8. The van der Waals surface area contributed by atoms with Crippen molar-refractivity contribution >= 4 is 0 Å². The van der Waals surface area contributed by atoms with E-state index < -0.39 is 0 Å². The zero-order valence-electron chi connectivity index (χ0n) is 11.3. The van der Waals surface area contributed by atoms with Crippen LogP contribution in [-0.2, 0) is 4.74 Å². The van der Waals surface area contributed by atoms with Crippen molar-refractivity contribution in [3.63, 3.8) is 0 Å². The molecule has 1 saturated heterocycles. The lowest BCUT2D eigenvalue weighted by molar-refractivity contribution is -0.0155. The SMILES string of the molecule is CC1CCC(NCC2CCC(C)(C)O2)C1C. The van der Waals surface area contributed by atoms with Crippen molar-refractivity contribution in [2.24, 2.45) is 11.8 Å². The number of hydrogen-bond acceptors (Lipinski definition) is 2. The summed E-state index contributed by atoms with van der Waals surface area (Å²) in [7, 11) is 0. The standard InChI is InChI=1S/C14H27NO/c1-10-5-6-13(11(10)2)15-9-12-7-8-14(3,4)16-12/h10-13,15H,5-9H2,1-4H3. The van der Waals surface area contributed by atoms with Crippen LogP contribution in [0, 0.1) is 11.8 Å². The van der Waals surface area contributed by atoms with Gasteiger partial charge < -0.3 is 10.1 Å². The van der Waals surface area contributed by atoms with Gasteiger partial charge in [-0.05, 0) is 51.4 Å². The molecule has 1 heterocycles. The molecule has 0 radical (unpaired) electrons. The van der Waals surface area contributed by atoms with Crippen LogP contribution in [0.25, 0.3) is 0 Å². The van der Waals surface area contributed by atoms with E-state index in [-0.39, 0.29) is 5.60 Å². The maximum Gasteiger partial charge on any atom is 0.0707 e. The van der Waals surface area contributed by atoms with E-state index in [9.17, 15) is 0 Å². The second-order valence-electron chi connectivity index (χ2n) is 6.47. The predicted octanol–water partition coefficient (Wildman–Crippen LogP) is 2.97. The summed E-state index contributed by atoms with van der Waals surface area (Å²) >= 11 is 0. The van der Waals surface area contributed by atoms with Gasteiger partial charge in [-0.25, -0.2) is 0 Å². The summed E-state index contributed by atoms with van der Waals surface area (Å²) in [5, 5.41) is 3.72. The van der Waals surface area contributed by atoms with Crippen LogP contribution < -0.4 is 5.32 Å². The highest BCUT2D eigenvalue weighted by Gasteiger charge is 2.33. The van der Waals surface area contributed by atoms with Gasteiger partial charge >= 0.3 is 0 Å². The summed E-state index contributed by atoms with van der Waals surface area (Å²) in [6, 6.07) is 0.724. The van der Waals surface area contributed by atoms with Gasteiger partial charge in [0.1, 0.15) is 0 Å². The maximum absolute atomic E-state index is 6.01. The molecule has 1 aliphatic carbocycles. The topological polar surface area (TPSA) is 21.3 Å². The molecule has 0 amide bonds. The third-order valence-corrected chi connectivity index (χ3v) is 4.63. The molecule has 2 fully saturated rings. The lowest BCUT2D eigenvalue weighted by atomic mass is 9.97. The van der Waals surface area contributed by atoms with Crippen LogP contribution in [0.5, 0.6) is 0 Å². The van der Waals surface area contributed by atoms with Crippen molar-refractivity contribution in [1.82, 2.24) is 5.32 Å². The van der Waals surface area contributed by atoms with Crippen LogP contribution in [0.4, 0.5) is 0 Å². The van der Waals surface area contributed by atoms with Gasteiger partial charge in [0.05, 0.1) is 11.7 Å². The van der Waals surface area contributed by atoms with Gasteiger partial charge in [0, 0.05) is 12.6 Å². The molecule has 94 valence electrons. The highest BCUT2D eigenvalue weighted by Crippen LogP contribution is 2.32. The van der Waals surface area contributed by atoms with Crippen molar-refractivity contribution in [1.29, 1.82) is 0 Å². The molecule has 2 heteroatoms. The highest BCUT2D eigenvalue weighted by atomic mass is 16.5. The van der Waals surface area contributed by atoms with Gasteiger partial charge in [-0.1, -0.05) is 13.8 Å². The Morgan fingerprint density at radius 1 is 1.19 bits per heavy atom. The van der Waals surface area contributed by atoms with Gasteiger partial charge in [-0.3, -0.25) is 0 Å². The number of ether oxygens (including phenoxy) is 1. The Labute approximate surface area is 100 Å². The van der Waals surface area contributed by atoms with Gasteiger partial charge in [0.15, 0.2) is 0 Å². The van der Waals surface area contributed by atoms with Crippen molar-refractivity contribution in [3.8, 4) is 0 Å². The zero-order valence-corrected chi connectivity index (χ0v) is 11.3. The maximum atomic E-state index is 6.01. The number of nitrogens with one attached hydrogen (secondary N) is 1. The summed E-state index contributed by atoms with van der Waals surface area (Å²) in [5.74, 6) is 1.72. The Morgan fingerprint density at radius 3 is 2.44 bits per heavy atom. The molecule has 16 heavy (non-hydrogen) atoms. The van der Waals surface area contributed by atoms with Crippen LogP contribution >= 0.6 is 0 Å². The minimum atomic E-state index is 0.112. The Bertz CT molecular complexity index is 239. The lowest BCUT2D eigenvalue weighted by Crippen LogP contribution is -2.38. The van der Waals surface area contributed by atoms with Crippen LogP contribution in [0.2, 0.25) is 0 Å². The molecule has 2 aliphatic rings. The Balaban J connectivity index is 1.72. The Kier molecular flexibility index (Phi) is 3.60. The molecule has 0 bridgehead atoms. The van der Waals surface area contributed by atoms with Gasteiger partial charge in [-0.15, -0.1) is 0 Å². The summed E-state index contributed by atoms with van der Waals surface area (Å²) < 4.78 is 6.01. The highest BCUT2D eigenvalue weighted by molar-refractivity contribution is 4.87. The molecule has 1 saturated carbocycles. The average Bonchev–Trinajstić information content (AvgIpc) is 2.70. The summed E-state index contributed by atoms with van der Waals surface area (Å²) in [5.41, 5.74) is 0.112. The molecule has 4 atom stereocenters. The monoisotopic (exact) mass is 225 g/mol. The van der Waals surface area contributed by atoms with E-state index in [0.717, 1.165) is 24.4 Å². The second-order valence-corrected chi connectivity index (χ2v) is 6.47. The first kappa shape index (κ1) is 12.4. The number of rotatable bonds is 3. The molecule has 2 nitrogen and oxygen atoms in total. The smallest absolute Gasteiger partial charge is 0.0707 e. The zero-order chi connectivity index (χ0) is 11.8. The number of hydrogen-bond donors (Lipinski definition) is 1. The Hall–Kier alpha value is -0.0800. The molecule has 0 spiro atoms. The van der Waals surface area contributed by atoms with Gasteiger partial charge in [-0.2, -0.15) is 0 Å². The summed E-state index contributed by atoms with van der Waals surface area (Å²) in [6.07, 6.45) is 5.60. The van der Waals surface area contributed by atoms with E-state index in [0.29, 0.717) is 6.10 Å². The molecule has 1 N–H and O–H groups in total. The fraction of sp³-hybridized carbons (Fsp3) is 1.00. The lowest BCUT2D eigenvalue weighted by Gasteiger charge is -2.23. The molecular weight excluding hydrogens is 198 g/mol. The van der Waals surface area contributed by atoms with Crippen LogP contribution in [-0.4, -0.2) is 24.3 Å².